The number of nitrogens with one attached hydrogen (secondary N) is 1. The van der Waals surface area contributed by atoms with Crippen LogP contribution < -0.4 is 5.32 Å². The number of hydrogen-bond donors (Lipinski definition) is 1. The first kappa shape index (κ1) is 13.4. The van der Waals surface area contributed by atoms with Gasteiger partial charge in [-0.2, -0.15) is 0 Å². The number of nitrogens with zero attached hydrogens (tertiary/aromatic N) is 1. The second kappa shape index (κ2) is 5.31. The lowest BCUT2D eigenvalue weighted by Crippen LogP contribution is -2.70. The first-order chi connectivity index (χ1) is 8.62. The number of amides is 2. The number of carbonyl (C=O) groups excluding carboxylic acids is 2. The number of piperazine rings is 1. The fourth-order valence-electron chi connectivity index (χ4n) is 3.00. The maximum absolute atomic E-state index is 12.3. The van der Waals surface area contributed by atoms with E-state index in [-0.39, 0.29) is 11.8 Å². The van der Waals surface area contributed by atoms with E-state index < -0.39 is 11.6 Å². The third-order valence-electron chi connectivity index (χ3n) is 3.98. The molecule has 0 radical (unpaired) electrons. The molecule has 1 saturated heterocycles. The maximum Gasteiger partial charge on any atom is 0.246 e. The Morgan fingerprint density at radius 3 is 2.67 bits per heavy atom. The zero-order valence-electron chi connectivity index (χ0n) is 10.6. The van der Waals surface area contributed by atoms with Gasteiger partial charge in [-0.15, -0.1) is 0 Å². The number of carbonyl (C=O) groups is 2. The Kier molecular flexibility index (Phi) is 3.95. The van der Waals surface area contributed by atoms with Gasteiger partial charge in [-0.1, -0.05) is 36.9 Å². The summed E-state index contributed by atoms with van der Waals surface area (Å²) in [6.45, 7) is 2.15. The predicted octanol–water partition coefficient (Wildman–Crippen LogP) is 1.79. The van der Waals surface area contributed by atoms with E-state index in [1.165, 1.54) is 5.54 Å². The molecule has 1 spiro atoms. The van der Waals surface area contributed by atoms with Gasteiger partial charge in [0.2, 0.25) is 11.8 Å². The molecule has 1 unspecified atom stereocenters. The lowest BCUT2D eigenvalue weighted by atomic mass is 9.77. The van der Waals surface area contributed by atoms with Crippen LogP contribution in [0.3, 0.4) is 0 Å². The van der Waals surface area contributed by atoms with Crippen LogP contribution in [0, 0.1) is 0 Å². The van der Waals surface area contributed by atoms with Gasteiger partial charge >= 0.3 is 0 Å². The molecule has 0 bridgehead atoms. The molecule has 100 valence electrons. The molecule has 1 aliphatic carbocycles. The van der Waals surface area contributed by atoms with Gasteiger partial charge in [0.1, 0.15) is 11.6 Å². The van der Waals surface area contributed by atoms with E-state index in [0.29, 0.717) is 6.54 Å². The van der Waals surface area contributed by atoms with Crippen molar-refractivity contribution < 1.29 is 9.59 Å². The molecule has 1 aliphatic heterocycles. The van der Waals surface area contributed by atoms with E-state index in [9.17, 15) is 9.59 Å². The van der Waals surface area contributed by atoms with Crippen molar-refractivity contribution in [3.05, 3.63) is 11.6 Å². The Morgan fingerprint density at radius 1 is 1.39 bits per heavy atom. The minimum Gasteiger partial charge on any atom is -0.343 e. The number of rotatable bonds is 2. The summed E-state index contributed by atoms with van der Waals surface area (Å²) in [5.41, 5.74) is 0.763. The Hall–Kier alpha value is -1.03. The van der Waals surface area contributed by atoms with Crippen molar-refractivity contribution in [1.82, 2.24) is 10.2 Å². The van der Waals surface area contributed by atoms with Gasteiger partial charge in [0.25, 0.3) is 0 Å². The Balaban J connectivity index is 2.31. The summed E-state index contributed by atoms with van der Waals surface area (Å²) in [6.07, 6.45) is 6.37. The molecule has 2 rings (SSSR count). The Labute approximate surface area is 112 Å². The van der Waals surface area contributed by atoms with E-state index in [4.69, 9.17) is 11.6 Å². The number of halogens is 1. The van der Waals surface area contributed by atoms with Crippen LogP contribution in [0.25, 0.3) is 0 Å². The summed E-state index contributed by atoms with van der Waals surface area (Å²) in [5, 5.41) is 2.81. The van der Waals surface area contributed by atoms with Gasteiger partial charge in [-0.05, 0) is 19.8 Å². The van der Waals surface area contributed by atoms with E-state index in [1.54, 1.807) is 17.9 Å². The van der Waals surface area contributed by atoms with Crippen LogP contribution in [0.15, 0.2) is 11.6 Å². The summed E-state index contributed by atoms with van der Waals surface area (Å²) in [7, 11) is 0. The van der Waals surface area contributed by atoms with Crippen LogP contribution in [-0.2, 0) is 9.59 Å². The minimum absolute atomic E-state index is 0.00253. The molecular formula is C13H19ClN2O2. The molecule has 1 atom stereocenters. The van der Waals surface area contributed by atoms with Crippen LogP contribution in [0.5, 0.6) is 0 Å². The van der Waals surface area contributed by atoms with Crippen molar-refractivity contribution in [2.75, 3.05) is 6.54 Å². The molecule has 5 heteroatoms. The van der Waals surface area contributed by atoms with Crippen LogP contribution in [0.1, 0.15) is 39.0 Å². The summed E-state index contributed by atoms with van der Waals surface area (Å²) >= 11 is 5.55. The molecule has 1 N–H and O–H groups in total. The Bertz CT molecular complexity index is 375. The molecular weight excluding hydrogens is 252 g/mol. The standard InChI is InChI=1S/C13H19ClN2O2/c1-10-11(17)16(9-5-8-14)13(12(18)15-10)6-3-2-4-7-13/h5,8,10H,2-4,6-7,9H2,1H3,(H,15,18)/b8-5+. The molecule has 1 heterocycles. The molecule has 1 saturated carbocycles. The largest absolute Gasteiger partial charge is 0.343 e. The van der Waals surface area contributed by atoms with Crippen molar-refractivity contribution in [3.8, 4) is 0 Å². The second-order valence-electron chi connectivity index (χ2n) is 5.10. The molecule has 4 nitrogen and oxygen atoms in total. The normalized spacial score (nSPS) is 27.9. The highest BCUT2D eigenvalue weighted by molar-refractivity contribution is 6.25. The van der Waals surface area contributed by atoms with E-state index >= 15 is 0 Å². The highest BCUT2D eigenvalue weighted by Crippen LogP contribution is 2.36. The molecule has 18 heavy (non-hydrogen) atoms. The van der Waals surface area contributed by atoms with Crippen LogP contribution in [-0.4, -0.2) is 34.8 Å². The summed E-state index contributed by atoms with van der Waals surface area (Å²) < 4.78 is 0. The highest BCUT2D eigenvalue weighted by Gasteiger charge is 2.51. The van der Waals surface area contributed by atoms with Crippen molar-refractivity contribution in [3.63, 3.8) is 0 Å². The molecule has 0 aromatic heterocycles. The summed E-state index contributed by atoms with van der Waals surface area (Å²) in [5.74, 6) is -0.0106. The zero-order valence-corrected chi connectivity index (χ0v) is 11.4. The topological polar surface area (TPSA) is 49.4 Å². The average Bonchev–Trinajstić information content (AvgIpc) is 2.38. The monoisotopic (exact) mass is 270 g/mol. The van der Waals surface area contributed by atoms with E-state index in [0.717, 1.165) is 32.1 Å². The number of hydrogen-bond acceptors (Lipinski definition) is 2. The van der Waals surface area contributed by atoms with Gasteiger partial charge in [-0.3, -0.25) is 9.59 Å². The van der Waals surface area contributed by atoms with Gasteiger partial charge < -0.3 is 10.2 Å². The van der Waals surface area contributed by atoms with Crippen LogP contribution in [0.4, 0.5) is 0 Å². The highest BCUT2D eigenvalue weighted by atomic mass is 35.5. The molecule has 2 amide bonds. The third-order valence-corrected chi connectivity index (χ3v) is 4.16. The lowest BCUT2D eigenvalue weighted by molar-refractivity contribution is -0.158. The molecule has 2 aliphatic rings. The van der Waals surface area contributed by atoms with Gasteiger partial charge in [-0.25, -0.2) is 0 Å². The average molecular weight is 271 g/mol. The van der Waals surface area contributed by atoms with Crippen molar-refractivity contribution >= 4 is 23.4 Å². The molecule has 0 aromatic carbocycles. The fraction of sp³-hybridized carbons (Fsp3) is 0.692. The summed E-state index contributed by atoms with van der Waals surface area (Å²) in [6, 6.07) is -0.436. The van der Waals surface area contributed by atoms with Gasteiger partial charge in [0, 0.05) is 12.1 Å². The lowest BCUT2D eigenvalue weighted by Gasteiger charge is -2.49. The summed E-state index contributed by atoms with van der Waals surface area (Å²) in [4.78, 5) is 26.3. The first-order valence-electron chi connectivity index (χ1n) is 6.49. The third kappa shape index (κ3) is 2.14. The molecule has 0 aromatic rings. The van der Waals surface area contributed by atoms with E-state index in [1.807, 2.05) is 0 Å². The quantitative estimate of drug-likeness (QED) is 0.832. The minimum atomic E-state index is -0.641. The van der Waals surface area contributed by atoms with Crippen molar-refractivity contribution in [1.29, 1.82) is 0 Å². The van der Waals surface area contributed by atoms with Gasteiger partial charge in [0.05, 0.1) is 0 Å². The molecule has 2 fully saturated rings. The Morgan fingerprint density at radius 2 is 2.06 bits per heavy atom. The first-order valence-corrected chi connectivity index (χ1v) is 6.93. The van der Waals surface area contributed by atoms with Crippen LogP contribution in [0.2, 0.25) is 0 Å². The SMILES string of the molecule is CC1NC(=O)C2(CCCCC2)N(C/C=C/Cl)C1=O. The zero-order chi connectivity index (χ0) is 13.2. The maximum atomic E-state index is 12.3. The predicted molar refractivity (Wildman–Crippen MR) is 70.1 cm³/mol. The second-order valence-corrected chi connectivity index (χ2v) is 5.35. The van der Waals surface area contributed by atoms with E-state index in [2.05, 4.69) is 5.32 Å². The fourth-order valence-corrected chi connectivity index (χ4v) is 3.08. The van der Waals surface area contributed by atoms with Gasteiger partial charge in [0.15, 0.2) is 0 Å². The smallest absolute Gasteiger partial charge is 0.246 e. The van der Waals surface area contributed by atoms with Crippen molar-refractivity contribution in [2.24, 2.45) is 0 Å². The van der Waals surface area contributed by atoms with Crippen molar-refractivity contribution in [2.45, 2.75) is 50.6 Å². The van der Waals surface area contributed by atoms with Crippen LogP contribution >= 0.6 is 11.6 Å².